The van der Waals surface area contributed by atoms with Crippen LogP contribution in [-0.4, -0.2) is 7.85 Å². The van der Waals surface area contributed by atoms with Gasteiger partial charge in [0, 0.05) is 0 Å². The largest absolute Gasteiger partial charge is 0.0757 e. The van der Waals surface area contributed by atoms with Gasteiger partial charge in [0.15, 0.2) is 0 Å². The van der Waals surface area contributed by atoms with E-state index < -0.39 is 0 Å². The Morgan fingerprint density at radius 1 is 0.938 bits per heavy atom. The Kier molecular flexibility index (Phi) is 2.64. The summed E-state index contributed by atoms with van der Waals surface area (Å²) in [5.74, 6) is 4.33. The molecule has 0 aliphatic heterocycles. The van der Waals surface area contributed by atoms with Crippen LogP contribution in [0.15, 0.2) is 0 Å². The molecule has 0 heterocycles. The Morgan fingerprint density at radius 3 is 1.88 bits per heavy atom. The summed E-state index contributed by atoms with van der Waals surface area (Å²) in [6, 6.07) is 0. The second-order valence-corrected chi connectivity index (χ2v) is 6.99. The maximum Gasteiger partial charge on any atom is 0.0757 e. The van der Waals surface area contributed by atoms with E-state index in [1.807, 2.05) is 0 Å². The number of rotatable bonds is 1. The van der Waals surface area contributed by atoms with Gasteiger partial charge in [-0.05, 0) is 36.0 Å². The molecule has 0 aromatic carbocycles. The third-order valence-electron chi connectivity index (χ3n) is 6.21. The highest BCUT2D eigenvalue weighted by atomic mass is 14.6. The summed E-state index contributed by atoms with van der Waals surface area (Å²) in [5.41, 5.74) is 0. The van der Waals surface area contributed by atoms with Gasteiger partial charge < -0.3 is 0 Å². The van der Waals surface area contributed by atoms with Gasteiger partial charge in [-0.15, -0.1) is 0 Å². The summed E-state index contributed by atoms with van der Waals surface area (Å²) in [7, 11) is 6.97. The molecule has 3 saturated carbocycles. The van der Waals surface area contributed by atoms with Crippen LogP contribution in [0.3, 0.4) is 0 Å². The average molecular weight is 216 g/mol. The van der Waals surface area contributed by atoms with Crippen molar-refractivity contribution in [3.8, 4) is 0 Å². The first kappa shape index (κ1) is 11.2. The summed E-state index contributed by atoms with van der Waals surface area (Å²) >= 11 is 0. The van der Waals surface area contributed by atoms with Gasteiger partial charge >= 0.3 is 0 Å². The minimum Gasteiger partial charge on any atom is -0.0629 e. The minimum absolute atomic E-state index is 0.181. The number of fused-ring (bicyclic) bond motifs is 2. The van der Waals surface area contributed by atoms with E-state index in [2.05, 4.69) is 13.8 Å². The van der Waals surface area contributed by atoms with Gasteiger partial charge in [-0.3, -0.25) is 0 Å². The van der Waals surface area contributed by atoms with Crippen molar-refractivity contribution in [2.45, 2.75) is 64.1 Å². The molecule has 1 heteroatoms. The average Bonchev–Trinajstić information content (AvgIpc) is 2.85. The van der Waals surface area contributed by atoms with Crippen LogP contribution in [0.1, 0.15) is 58.8 Å². The van der Waals surface area contributed by atoms with Crippen molar-refractivity contribution in [1.82, 2.24) is 0 Å². The molecule has 88 valence electrons. The summed E-state index contributed by atoms with van der Waals surface area (Å²) < 4.78 is 0. The monoisotopic (exact) mass is 216 g/mol. The first-order valence-corrected chi connectivity index (χ1v) is 7.43. The molecule has 3 fully saturated rings. The van der Waals surface area contributed by atoms with Crippen LogP contribution in [-0.2, 0) is 0 Å². The van der Waals surface area contributed by atoms with Crippen LogP contribution in [0.2, 0.25) is 5.31 Å². The topological polar surface area (TPSA) is 0 Å². The molecule has 0 aromatic heterocycles. The Hall–Kier alpha value is 0.0649. The third-order valence-corrected chi connectivity index (χ3v) is 6.21. The van der Waals surface area contributed by atoms with E-state index in [0.29, 0.717) is 5.92 Å². The maximum absolute atomic E-state index is 6.97. The molecular weight excluding hydrogens is 191 g/mol. The summed E-state index contributed by atoms with van der Waals surface area (Å²) in [4.78, 5) is 0. The van der Waals surface area contributed by atoms with E-state index in [9.17, 15) is 0 Å². The molecule has 3 aliphatic carbocycles. The van der Waals surface area contributed by atoms with Crippen molar-refractivity contribution >= 4 is 7.85 Å². The second kappa shape index (κ2) is 3.78. The van der Waals surface area contributed by atoms with Gasteiger partial charge in [-0.1, -0.05) is 57.7 Å². The summed E-state index contributed by atoms with van der Waals surface area (Å²) in [5, 5.41) is 0.181. The van der Waals surface area contributed by atoms with Crippen molar-refractivity contribution < 1.29 is 0 Å². The zero-order valence-electron chi connectivity index (χ0n) is 10.9. The van der Waals surface area contributed by atoms with Crippen molar-refractivity contribution in [1.29, 1.82) is 0 Å². The van der Waals surface area contributed by atoms with Crippen LogP contribution in [0.5, 0.6) is 0 Å². The van der Waals surface area contributed by atoms with E-state index in [4.69, 9.17) is 7.85 Å². The zero-order chi connectivity index (χ0) is 11.3. The molecule has 0 aromatic rings. The third kappa shape index (κ3) is 1.36. The lowest BCUT2D eigenvalue weighted by molar-refractivity contribution is 0.0571. The fourth-order valence-electron chi connectivity index (χ4n) is 5.47. The summed E-state index contributed by atoms with van der Waals surface area (Å²) in [6.45, 7) is 4.74. The SMILES string of the molecule is [B]C1(C(C)C)C2CCCC2CC2CCCC21. The molecule has 0 nitrogen and oxygen atoms in total. The van der Waals surface area contributed by atoms with E-state index in [1.165, 1.54) is 44.9 Å². The molecule has 4 atom stereocenters. The van der Waals surface area contributed by atoms with Gasteiger partial charge in [0.2, 0.25) is 0 Å². The highest BCUT2D eigenvalue weighted by Crippen LogP contribution is 2.66. The van der Waals surface area contributed by atoms with Crippen molar-refractivity contribution in [2.75, 3.05) is 0 Å². The zero-order valence-corrected chi connectivity index (χ0v) is 10.9. The lowest BCUT2D eigenvalue weighted by atomic mass is 9.42. The van der Waals surface area contributed by atoms with E-state index >= 15 is 0 Å². The second-order valence-electron chi connectivity index (χ2n) is 6.99. The fourth-order valence-corrected chi connectivity index (χ4v) is 5.47. The van der Waals surface area contributed by atoms with Crippen LogP contribution < -0.4 is 0 Å². The van der Waals surface area contributed by atoms with Gasteiger partial charge in [0.05, 0.1) is 7.85 Å². The molecule has 0 N–H and O–H groups in total. The standard InChI is InChI=1S/C15H25B/c1-10(2)15(16)13-7-3-5-11(13)9-12-6-4-8-14(12)15/h10-14H,3-9H2,1-2H3. The van der Waals surface area contributed by atoms with Crippen LogP contribution >= 0.6 is 0 Å². The Balaban J connectivity index is 1.95. The Labute approximate surface area is 102 Å². The number of hydrogen-bond acceptors (Lipinski definition) is 0. The predicted molar refractivity (Wildman–Crippen MR) is 69.6 cm³/mol. The quantitative estimate of drug-likeness (QED) is 0.576. The molecule has 4 unspecified atom stereocenters. The van der Waals surface area contributed by atoms with Crippen LogP contribution in [0.25, 0.3) is 0 Å². The molecule has 2 radical (unpaired) electrons. The highest BCUT2D eigenvalue weighted by molar-refractivity contribution is 6.16. The summed E-state index contributed by atoms with van der Waals surface area (Å²) in [6.07, 6.45) is 10.2. The normalized spacial score (nSPS) is 51.7. The molecule has 0 saturated heterocycles. The van der Waals surface area contributed by atoms with Gasteiger partial charge in [-0.2, -0.15) is 0 Å². The van der Waals surface area contributed by atoms with Crippen LogP contribution in [0.4, 0.5) is 0 Å². The van der Waals surface area contributed by atoms with Gasteiger partial charge in [-0.25, -0.2) is 0 Å². The number of hydrogen-bond donors (Lipinski definition) is 0. The van der Waals surface area contributed by atoms with E-state index in [-0.39, 0.29) is 5.31 Å². The minimum atomic E-state index is 0.181. The molecule has 0 spiro atoms. The first-order chi connectivity index (χ1) is 7.64. The Bertz CT molecular complexity index is 251. The van der Waals surface area contributed by atoms with Gasteiger partial charge in [0.1, 0.15) is 0 Å². The lowest BCUT2D eigenvalue weighted by Gasteiger charge is -2.54. The van der Waals surface area contributed by atoms with Crippen LogP contribution in [0, 0.1) is 29.6 Å². The first-order valence-electron chi connectivity index (χ1n) is 7.43. The molecular formula is C15H25B. The van der Waals surface area contributed by atoms with E-state index in [1.54, 1.807) is 0 Å². The molecule has 0 bridgehead atoms. The molecule has 16 heavy (non-hydrogen) atoms. The molecule has 3 aliphatic rings. The lowest BCUT2D eigenvalue weighted by Crippen LogP contribution is -2.44. The predicted octanol–water partition coefficient (Wildman–Crippen LogP) is 4.21. The fraction of sp³-hybridized carbons (Fsp3) is 1.00. The maximum atomic E-state index is 6.97. The smallest absolute Gasteiger partial charge is 0.0629 e. The van der Waals surface area contributed by atoms with Crippen molar-refractivity contribution in [3.05, 3.63) is 0 Å². The molecule has 0 amide bonds. The van der Waals surface area contributed by atoms with E-state index in [0.717, 1.165) is 23.7 Å². The highest BCUT2D eigenvalue weighted by Gasteiger charge is 2.54. The Morgan fingerprint density at radius 2 is 1.44 bits per heavy atom. The van der Waals surface area contributed by atoms with Crippen molar-refractivity contribution in [3.63, 3.8) is 0 Å². The van der Waals surface area contributed by atoms with Gasteiger partial charge in [0.25, 0.3) is 0 Å². The van der Waals surface area contributed by atoms with Crippen molar-refractivity contribution in [2.24, 2.45) is 29.6 Å². The molecule has 3 rings (SSSR count).